The molecule has 0 bridgehead atoms. The molecule has 0 aromatic carbocycles. The van der Waals surface area contributed by atoms with Crippen molar-refractivity contribution in [2.24, 2.45) is 17.4 Å². The van der Waals surface area contributed by atoms with Crippen molar-refractivity contribution in [1.29, 1.82) is 0 Å². The predicted molar refractivity (Wildman–Crippen MR) is 56.7 cm³/mol. The molecular formula is C10H22N2O2. The first-order valence-corrected chi connectivity index (χ1v) is 5.03. The average Bonchev–Trinajstić information content (AvgIpc) is 2.01. The Morgan fingerprint density at radius 2 is 1.64 bits per heavy atom. The zero-order valence-corrected chi connectivity index (χ0v) is 9.38. The van der Waals surface area contributed by atoms with E-state index in [2.05, 4.69) is 0 Å². The van der Waals surface area contributed by atoms with Crippen molar-refractivity contribution in [2.45, 2.75) is 39.2 Å². The maximum absolute atomic E-state index is 11.6. The van der Waals surface area contributed by atoms with E-state index in [0.717, 1.165) is 0 Å². The predicted octanol–water partition coefficient (Wildman–Crippen LogP) is 0.642. The fraction of sp³-hybridized carbons (Fsp3) is 0.900. The van der Waals surface area contributed by atoms with Crippen LogP contribution in [0.1, 0.15) is 33.6 Å². The Bertz CT molecular complexity index is 169. The van der Waals surface area contributed by atoms with Gasteiger partial charge in [-0.1, -0.05) is 0 Å². The SMILES string of the molecule is CC(C)(C)OC(=O)C(CCN)CCN. The molecule has 0 aliphatic carbocycles. The van der Waals surface area contributed by atoms with Crippen molar-refractivity contribution < 1.29 is 9.53 Å². The van der Waals surface area contributed by atoms with Crippen LogP contribution in [0.4, 0.5) is 0 Å². The Labute approximate surface area is 86.0 Å². The Morgan fingerprint density at radius 1 is 1.21 bits per heavy atom. The summed E-state index contributed by atoms with van der Waals surface area (Å²) >= 11 is 0. The second-order valence-corrected chi connectivity index (χ2v) is 4.39. The average molecular weight is 202 g/mol. The lowest BCUT2D eigenvalue weighted by Crippen LogP contribution is -2.31. The molecular weight excluding hydrogens is 180 g/mol. The molecule has 0 atom stereocenters. The van der Waals surface area contributed by atoms with E-state index in [0.29, 0.717) is 25.9 Å². The van der Waals surface area contributed by atoms with Gasteiger partial charge >= 0.3 is 5.97 Å². The summed E-state index contributed by atoms with van der Waals surface area (Å²) in [5.74, 6) is -0.336. The molecule has 0 aromatic heterocycles. The smallest absolute Gasteiger partial charge is 0.309 e. The van der Waals surface area contributed by atoms with E-state index in [1.54, 1.807) is 0 Å². The lowest BCUT2D eigenvalue weighted by molar-refractivity contribution is -0.160. The van der Waals surface area contributed by atoms with Crippen molar-refractivity contribution in [1.82, 2.24) is 0 Å². The molecule has 0 aliphatic rings. The van der Waals surface area contributed by atoms with Crippen LogP contribution < -0.4 is 11.5 Å². The highest BCUT2D eigenvalue weighted by molar-refractivity contribution is 5.72. The highest BCUT2D eigenvalue weighted by atomic mass is 16.6. The highest BCUT2D eigenvalue weighted by Gasteiger charge is 2.23. The van der Waals surface area contributed by atoms with Crippen molar-refractivity contribution in [3.05, 3.63) is 0 Å². The summed E-state index contributed by atoms with van der Waals surface area (Å²) in [6, 6.07) is 0. The molecule has 0 aliphatic heterocycles. The molecule has 4 nitrogen and oxygen atoms in total. The third-order valence-corrected chi connectivity index (χ3v) is 1.77. The fourth-order valence-electron chi connectivity index (χ4n) is 1.17. The van der Waals surface area contributed by atoms with Gasteiger partial charge in [0, 0.05) is 0 Å². The molecule has 0 amide bonds. The van der Waals surface area contributed by atoms with Crippen LogP contribution in [0.15, 0.2) is 0 Å². The summed E-state index contributed by atoms with van der Waals surface area (Å²) in [5.41, 5.74) is 10.4. The number of hydrogen-bond donors (Lipinski definition) is 2. The molecule has 0 spiro atoms. The van der Waals surface area contributed by atoms with Gasteiger partial charge in [0.25, 0.3) is 0 Å². The van der Waals surface area contributed by atoms with Crippen LogP contribution >= 0.6 is 0 Å². The van der Waals surface area contributed by atoms with Crippen molar-refractivity contribution in [2.75, 3.05) is 13.1 Å². The molecule has 0 fully saturated rings. The van der Waals surface area contributed by atoms with Crippen LogP contribution in [0.3, 0.4) is 0 Å². The number of carbonyl (C=O) groups is 1. The Balaban J connectivity index is 4.14. The van der Waals surface area contributed by atoms with E-state index >= 15 is 0 Å². The fourth-order valence-corrected chi connectivity index (χ4v) is 1.17. The van der Waals surface area contributed by atoms with Gasteiger partial charge < -0.3 is 16.2 Å². The molecule has 0 radical (unpaired) electrons. The van der Waals surface area contributed by atoms with Gasteiger partial charge in [-0.15, -0.1) is 0 Å². The molecule has 0 heterocycles. The standard InChI is InChI=1S/C10H22N2O2/c1-10(2,3)14-9(13)8(4-6-11)5-7-12/h8H,4-7,11-12H2,1-3H3. The molecule has 0 rings (SSSR count). The number of rotatable bonds is 5. The third kappa shape index (κ3) is 5.94. The second kappa shape index (κ2) is 5.98. The van der Waals surface area contributed by atoms with E-state index in [-0.39, 0.29) is 11.9 Å². The lowest BCUT2D eigenvalue weighted by atomic mass is 10.0. The first-order chi connectivity index (χ1) is 6.40. The summed E-state index contributed by atoms with van der Waals surface area (Å²) in [5, 5.41) is 0. The van der Waals surface area contributed by atoms with Crippen LogP contribution in [0.2, 0.25) is 0 Å². The van der Waals surface area contributed by atoms with Gasteiger partial charge in [-0.25, -0.2) is 0 Å². The molecule has 4 N–H and O–H groups in total. The zero-order valence-electron chi connectivity index (χ0n) is 9.38. The van der Waals surface area contributed by atoms with Gasteiger partial charge in [-0.2, -0.15) is 0 Å². The normalized spacial score (nSPS) is 11.9. The minimum absolute atomic E-state index is 0.149. The molecule has 4 heteroatoms. The zero-order chi connectivity index (χ0) is 11.2. The summed E-state index contributed by atoms with van der Waals surface area (Å²) in [6.07, 6.45) is 1.29. The monoisotopic (exact) mass is 202 g/mol. The number of nitrogens with two attached hydrogens (primary N) is 2. The van der Waals surface area contributed by atoms with Crippen molar-refractivity contribution in [3.8, 4) is 0 Å². The second-order valence-electron chi connectivity index (χ2n) is 4.39. The topological polar surface area (TPSA) is 78.3 Å². The van der Waals surface area contributed by atoms with Crippen LogP contribution in [-0.2, 0) is 9.53 Å². The molecule has 0 unspecified atom stereocenters. The highest BCUT2D eigenvalue weighted by Crippen LogP contribution is 2.15. The Hall–Kier alpha value is -0.610. The molecule has 0 saturated heterocycles. The maximum Gasteiger partial charge on any atom is 0.309 e. The van der Waals surface area contributed by atoms with E-state index in [9.17, 15) is 4.79 Å². The van der Waals surface area contributed by atoms with Gasteiger partial charge in [0.05, 0.1) is 5.92 Å². The van der Waals surface area contributed by atoms with E-state index < -0.39 is 5.60 Å². The van der Waals surface area contributed by atoms with Crippen LogP contribution in [-0.4, -0.2) is 24.7 Å². The van der Waals surface area contributed by atoms with Crippen molar-refractivity contribution in [3.63, 3.8) is 0 Å². The quantitative estimate of drug-likeness (QED) is 0.641. The Morgan fingerprint density at radius 3 is 1.93 bits per heavy atom. The molecule has 84 valence electrons. The van der Waals surface area contributed by atoms with Crippen LogP contribution in [0.25, 0.3) is 0 Å². The Kier molecular flexibility index (Phi) is 5.72. The van der Waals surface area contributed by atoms with E-state index in [1.165, 1.54) is 0 Å². The first kappa shape index (κ1) is 13.4. The number of hydrogen-bond acceptors (Lipinski definition) is 4. The maximum atomic E-state index is 11.6. The lowest BCUT2D eigenvalue weighted by Gasteiger charge is -2.23. The summed E-state index contributed by atoms with van der Waals surface area (Å²) in [4.78, 5) is 11.6. The van der Waals surface area contributed by atoms with Gasteiger partial charge in [0.15, 0.2) is 0 Å². The first-order valence-electron chi connectivity index (χ1n) is 5.03. The number of ether oxygens (including phenoxy) is 1. The molecule has 0 saturated carbocycles. The minimum atomic E-state index is -0.432. The van der Waals surface area contributed by atoms with E-state index in [1.807, 2.05) is 20.8 Å². The summed E-state index contributed by atoms with van der Waals surface area (Å²) in [6.45, 7) is 6.54. The number of carbonyl (C=O) groups excluding carboxylic acids is 1. The van der Waals surface area contributed by atoms with E-state index in [4.69, 9.17) is 16.2 Å². The van der Waals surface area contributed by atoms with Gasteiger partial charge in [0.1, 0.15) is 5.60 Å². The number of esters is 1. The minimum Gasteiger partial charge on any atom is -0.460 e. The van der Waals surface area contributed by atoms with Gasteiger partial charge in [-0.05, 0) is 46.7 Å². The molecule has 14 heavy (non-hydrogen) atoms. The summed E-state index contributed by atoms with van der Waals surface area (Å²) < 4.78 is 5.25. The van der Waals surface area contributed by atoms with Gasteiger partial charge in [-0.3, -0.25) is 4.79 Å². The van der Waals surface area contributed by atoms with Crippen molar-refractivity contribution >= 4 is 5.97 Å². The van der Waals surface area contributed by atoms with Gasteiger partial charge in [0.2, 0.25) is 0 Å². The molecule has 0 aromatic rings. The van der Waals surface area contributed by atoms with Crippen LogP contribution in [0.5, 0.6) is 0 Å². The van der Waals surface area contributed by atoms with Crippen LogP contribution in [0, 0.1) is 5.92 Å². The third-order valence-electron chi connectivity index (χ3n) is 1.77. The largest absolute Gasteiger partial charge is 0.460 e. The summed E-state index contributed by atoms with van der Waals surface area (Å²) in [7, 11) is 0.